The summed E-state index contributed by atoms with van der Waals surface area (Å²) in [5.74, 6) is 1.28. The van der Waals surface area contributed by atoms with Crippen LogP contribution in [0.5, 0.6) is 0 Å². The van der Waals surface area contributed by atoms with Crippen molar-refractivity contribution in [2.45, 2.75) is 33.6 Å². The van der Waals surface area contributed by atoms with E-state index in [1.807, 2.05) is 0 Å². The second-order valence-electron chi connectivity index (χ2n) is 3.78. The lowest BCUT2D eigenvalue weighted by Gasteiger charge is -2.09. The summed E-state index contributed by atoms with van der Waals surface area (Å²) in [7, 11) is 0. The van der Waals surface area contributed by atoms with Gasteiger partial charge in [-0.3, -0.25) is 4.99 Å². The Morgan fingerprint density at radius 3 is 2.83 bits per heavy atom. The lowest BCUT2D eigenvalue weighted by atomic mass is 9.95. The van der Waals surface area contributed by atoms with Crippen LogP contribution in [0.4, 0.5) is 0 Å². The fourth-order valence-corrected chi connectivity index (χ4v) is 1.53. The Balaban J connectivity index is 2.63. The molecule has 0 aromatic rings. The molecule has 1 heterocycles. The van der Waals surface area contributed by atoms with Gasteiger partial charge in [0.2, 0.25) is 0 Å². The summed E-state index contributed by atoms with van der Waals surface area (Å²) in [6.45, 7) is 7.67. The molecular weight excluding hydrogens is 146 g/mol. The van der Waals surface area contributed by atoms with Crippen LogP contribution in [-0.2, 0) is 0 Å². The molecule has 0 N–H and O–H groups in total. The molecule has 1 nitrogen and oxygen atoms in total. The van der Waals surface area contributed by atoms with Gasteiger partial charge >= 0.3 is 0 Å². The quantitative estimate of drug-likeness (QED) is 0.558. The average Bonchev–Trinajstić information content (AvgIpc) is 2.16. The molecule has 1 aliphatic rings. The zero-order valence-electron chi connectivity index (χ0n) is 8.38. The molecule has 1 heteroatoms. The van der Waals surface area contributed by atoms with Gasteiger partial charge in [0.1, 0.15) is 0 Å². The first kappa shape index (κ1) is 9.50. The zero-order chi connectivity index (χ0) is 8.97. The number of aliphatic imine (C=N–C) groups is 1. The molecular formula is C11H19N. The van der Waals surface area contributed by atoms with Crippen LogP contribution in [0.1, 0.15) is 33.6 Å². The maximum atomic E-state index is 4.41. The Hall–Kier alpha value is -0.590. The first-order valence-corrected chi connectivity index (χ1v) is 4.93. The van der Waals surface area contributed by atoms with E-state index >= 15 is 0 Å². The van der Waals surface area contributed by atoms with Crippen molar-refractivity contribution in [1.29, 1.82) is 0 Å². The van der Waals surface area contributed by atoms with E-state index in [0.717, 1.165) is 6.54 Å². The average molecular weight is 165 g/mol. The molecule has 1 rings (SSSR count). The summed E-state index contributed by atoms with van der Waals surface area (Å²) < 4.78 is 0. The molecule has 0 bridgehead atoms. The summed E-state index contributed by atoms with van der Waals surface area (Å²) in [6.07, 6.45) is 6.96. The highest BCUT2D eigenvalue weighted by Crippen LogP contribution is 2.18. The first-order valence-electron chi connectivity index (χ1n) is 4.93. The number of hydrogen-bond donors (Lipinski definition) is 0. The third-order valence-corrected chi connectivity index (χ3v) is 2.53. The maximum Gasteiger partial charge on any atom is 0.0595 e. The second-order valence-corrected chi connectivity index (χ2v) is 3.78. The van der Waals surface area contributed by atoms with Crippen LogP contribution in [-0.4, -0.2) is 12.8 Å². The van der Waals surface area contributed by atoms with Gasteiger partial charge in [-0.05, 0) is 18.3 Å². The number of nitrogens with zero attached hydrogens (tertiary/aromatic N) is 1. The summed E-state index contributed by atoms with van der Waals surface area (Å²) in [4.78, 5) is 4.41. The van der Waals surface area contributed by atoms with E-state index in [2.05, 4.69) is 38.1 Å². The van der Waals surface area contributed by atoms with Crippen LogP contribution in [0.25, 0.3) is 0 Å². The van der Waals surface area contributed by atoms with Crippen molar-refractivity contribution < 1.29 is 0 Å². The van der Waals surface area contributed by atoms with Crippen molar-refractivity contribution in [2.75, 3.05) is 6.54 Å². The number of hydrogen-bond acceptors (Lipinski definition) is 1. The lowest BCUT2D eigenvalue weighted by Crippen LogP contribution is -2.05. The smallest absolute Gasteiger partial charge is 0.0595 e. The first-order chi connectivity index (χ1) is 5.74. The third kappa shape index (κ3) is 2.47. The molecule has 0 saturated heterocycles. The van der Waals surface area contributed by atoms with Crippen molar-refractivity contribution in [3.8, 4) is 0 Å². The number of allylic oxidation sites excluding steroid dienone is 1. The van der Waals surface area contributed by atoms with Crippen molar-refractivity contribution in [3.63, 3.8) is 0 Å². The monoisotopic (exact) mass is 165 g/mol. The highest BCUT2D eigenvalue weighted by atomic mass is 14.7. The highest BCUT2D eigenvalue weighted by molar-refractivity contribution is 5.62. The molecule has 68 valence electrons. The van der Waals surface area contributed by atoms with E-state index in [-0.39, 0.29) is 0 Å². The molecule has 1 aliphatic heterocycles. The normalized spacial score (nSPS) is 29.8. The SMILES string of the molecule is CCCC1=CC(C)C(C)C=NC1. The Morgan fingerprint density at radius 2 is 2.17 bits per heavy atom. The fourth-order valence-electron chi connectivity index (χ4n) is 1.53. The Kier molecular flexibility index (Phi) is 3.51. The minimum Gasteiger partial charge on any atom is -0.293 e. The molecule has 0 radical (unpaired) electrons. The summed E-state index contributed by atoms with van der Waals surface area (Å²) in [6, 6.07) is 0. The molecule has 0 saturated carbocycles. The molecule has 0 fully saturated rings. The molecule has 0 aliphatic carbocycles. The Labute approximate surface area is 75.6 Å². The van der Waals surface area contributed by atoms with Gasteiger partial charge in [0.25, 0.3) is 0 Å². The molecule has 0 spiro atoms. The fraction of sp³-hybridized carbons (Fsp3) is 0.727. The Morgan fingerprint density at radius 1 is 1.42 bits per heavy atom. The van der Waals surface area contributed by atoms with Gasteiger partial charge in [0, 0.05) is 6.21 Å². The van der Waals surface area contributed by atoms with E-state index < -0.39 is 0 Å². The topological polar surface area (TPSA) is 12.4 Å². The maximum absolute atomic E-state index is 4.41. The van der Waals surface area contributed by atoms with Gasteiger partial charge in [0.15, 0.2) is 0 Å². The summed E-state index contributed by atoms with van der Waals surface area (Å²) in [5.41, 5.74) is 1.52. The van der Waals surface area contributed by atoms with E-state index in [4.69, 9.17) is 0 Å². The molecule has 0 aromatic heterocycles. The van der Waals surface area contributed by atoms with Crippen LogP contribution in [0.3, 0.4) is 0 Å². The highest BCUT2D eigenvalue weighted by Gasteiger charge is 2.10. The molecule has 0 amide bonds. The Bertz CT molecular complexity index is 191. The van der Waals surface area contributed by atoms with Gasteiger partial charge < -0.3 is 0 Å². The largest absolute Gasteiger partial charge is 0.293 e. The van der Waals surface area contributed by atoms with Gasteiger partial charge in [-0.2, -0.15) is 0 Å². The van der Waals surface area contributed by atoms with E-state index in [9.17, 15) is 0 Å². The zero-order valence-corrected chi connectivity index (χ0v) is 8.38. The van der Waals surface area contributed by atoms with Crippen LogP contribution >= 0.6 is 0 Å². The molecule has 2 unspecified atom stereocenters. The van der Waals surface area contributed by atoms with Crippen molar-refractivity contribution in [1.82, 2.24) is 0 Å². The van der Waals surface area contributed by atoms with E-state index in [0.29, 0.717) is 11.8 Å². The third-order valence-electron chi connectivity index (χ3n) is 2.53. The summed E-state index contributed by atoms with van der Waals surface area (Å²) in [5, 5.41) is 0. The van der Waals surface area contributed by atoms with E-state index in [1.165, 1.54) is 18.4 Å². The van der Waals surface area contributed by atoms with Gasteiger partial charge in [-0.1, -0.05) is 38.8 Å². The van der Waals surface area contributed by atoms with Crippen molar-refractivity contribution >= 4 is 6.21 Å². The molecule has 2 atom stereocenters. The predicted octanol–water partition coefficient (Wildman–Crippen LogP) is 3.07. The van der Waals surface area contributed by atoms with Gasteiger partial charge in [-0.25, -0.2) is 0 Å². The van der Waals surface area contributed by atoms with Crippen LogP contribution in [0.2, 0.25) is 0 Å². The van der Waals surface area contributed by atoms with Crippen LogP contribution in [0, 0.1) is 11.8 Å². The minimum atomic E-state index is 0.611. The molecule has 12 heavy (non-hydrogen) atoms. The predicted molar refractivity (Wildman–Crippen MR) is 54.7 cm³/mol. The summed E-state index contributed by atoms with van der Waals surface area (Å²) >= 11 is 0. The molecule has 0 aromatic carbocycles. The van der Waals surface area contributed by atoms with Gasteiger partial charge in [-0.15, -0.1) is 0 Å². The van der Waals surface area contributed by atoms with E-state index in [1.54, 1.807) is 0 Å². The second kappa shape index (κ2) is 4.44. The standard InChI is InChI=1S/C11H19N/c1-4-5-11-6-9(2)10(3)7-12-8-11/h6-7,9-10H,4-5,8H2,1-3H3. The lowest BCUT2D eigenvalue weighted by molar-refractivity contribution is 0.598. The minimum absolute atomic E-state index is 0.611. The number of rotatable bonds is 2. The van der Waals surface area contributed by atoms with Crippen molar-refractivity contribution in [3.05, 3.63) is 11.6 Å². The van der Waals surface area contributed by atoms with Crippen LogP contribution in [0.15, 0.2) is 16.6 Å². The van der Waals surface area contributed by atoms with Gasteiger partial charge in [0.05, 0.1) is 6.54 Å². The van der Waals surface area contributed by atoms with Crippen LogP contribution < -0.4 is 0 Å². The van der Waals surface area contributed by atoms with Crippen molar-refractivity contribution in [2.24, 2.45) is 16.8 Å².